The first-order valence-corrected chi connectivity index (χ1v) is 13.6. The first-order valence-electron chi connectivity index (χ1n) is 12.9. The molecule has 37 heavy (non-hydrogen) atoms. The summed E-state index contributed by atoms with van der Waals surface area (Å²) in [6.07, 6.45) is 3.65. The van der Waals surface area contributed by atoms with Gasteiger partial charge in [0.1, 0.15) is 5.84 Å². The third-order valence-electron chi connectivity index (χ3n) is 7.98. The summed E-state index contributed by atoms with van der Waals surface area (Å²) in [6.45, 7) is 3.69. The number of carbonyl (C=O) groups excluding carboxylic acids is 1. The van der Waals surface area contributed by atoms with Crippen molar-refractivity contribution in [2.75, 3.05) is 19.6 Å². The molecule has 1 N–H and O–H groups in total. The molecule has 0 saturated carbocycles. The number of hydrogen-bond acceptors (Lipinski definition) is 4. The quantitative estimate of drug-likeness (QED) is 0.418. The van der Waals surface area contributed by atoms with Crippen LogP contribution in [0.25, 0.3) is 0 Å². The number of likely N-dealkylation sites (tertiary alicyclic amines) is 1. The first-order chi connectivity index (χ1) is 18.0. The van der Waals surface area contributed by atoms with E-state index in [4.69, 9.17) is 32.9 Å². The second-order valence-electron chi connectivity index (χ2n) is 10.1. The Morgan fingerprint density at radius 1 is 0.892 bits per heavy atom. The molecule has 1 saturated heterocycles. The number of rotatable bonds is 6. The molecule has 1 fully saturated rings. The van der Waals surface area contributed by atoms with Gasteiger partial charge in [-0.3, -0.25) is 4.79 Å². The minimum Gasteiger partial charge on any atom is -0.365 e. The van der Waals surface area contributed by atoms with Gasteiger partial charge in [0.25, 0.3) is 5.91 Å². The summed E-state index contributed by atoms with van der Waals surface area (Å²) >= 11 is 12.3. The predicted octanol–water partition coefficient (Wildman–Crippen LogP) is 6.07. The molecule has 0 aliphatic carbocycles. The lowest BCUT2D eigenvalue weighted by molar-refractivity contribution is -0.122. The van der Waals surface area contributed by atoms with Crippen LogP contribution < -0.4 is 5.32 Å². The fourth-order valence-corrected chi connectivity index (χ4v) is 6.22. The number of nitrogens with one attached hydrogen (secondary N) is 1. The lowest BCUT2D eigenvalue weighted by atomic mass is 9.83. The van der Waals surface area contributed by atoms with E-state index >= 15 is 0 Å². The molecule has 0 atom stereocenters. The normalized spacial score (nSPS) is 20.1. The van der Waals surface area contributed by atoms with Gasteiger partial charge < -0.3 is 15.0 Å². The summed E-state index contributed by atoms with van der Waals surface area (Å²) in [7, 11) is 0. The number of aliphatic imine (C=N–C) groups is 1. The van der Waals surface area contributed by atoms with E-state index in [-0.39, 0.29) is 11.5 Å². The third-order valence-corrected chi connectivity index (χ3v) is 8.48. The number of amides is 1. The third kappa shape index (κ3) is 4.48. The highest BCUT2D eigenvalue weighted by molar-refractivity contribution is 6.31. The van der Waals surface area contributed by atoms with E-state index in [2.05, 4.69) is 34.5 Å². The van der Waals surface area contributed by atoms with Crippen molar-refractivity contribution in [1.29, 1.82) is 0 Å². The highest BCUT2D eigenvalue weighted by Gasteiger charge is 2.47. The van der Waals surface area contributed by atoms with E-state index in [9.17, 15) is 4.79 Å². The Morgan fingerprint density at radius 2 is 1.51 bits per heavy atom. The van der Waals surface area contributed by atoms with Crippen molar-refractivity contribution in [3.63, 3.8) is 0 Å². The molecule has 3 heterocycles. The van der Waals surface area contributed by atoms with Gasteiger partial charge in [0.2, 0.25) is 0 Å². The molecule has 190 valence electrons. The Hall–Kier alpha value is -2.70. The maximum absolute atomic E-state index is 13.5. The van der Waals surface area contributed by atoms with Gasteiger partial charge in [-0.15, -0.1) is 0 Å². The van der Waals surface area contributed by atoms with Crippen LogP contribution in [0.4, 0.5) is 0 Å². The van der Waals surface area contributed by atoms with Gasteiger partial charge in [-0.25, -0.2) is 4.99 Å². The van der Waals surface area contributed by atoms with Crippen molar-refractivity contribution in [2.24, 2.45) is 4.99 Å². The van der Waals surface area contributed by atoms with Crippen molar-refractivity contribution < 1.29 is 9.53 Å². The van der Waals surface area contributed by atoms with Crippen molar-refractivity contribution in [2.45, 2.75) is 43.4 Å². The second kappa shape index (κ2) is 9.88. The number of nitrogens with zero attached hydrogens (tertiary/aromatic N) is 2. The summed E-state index contributed by atoms with van der Waals surface area (Å²) in [4.78, 5) is 21.0. The number of hydrogen-bond donors (Lipinski definition) is 1. The Bertz CT molecular complexity index is 1280. The van der Waals surface area contributed by atoms with Crippen LogP contribution in [0.1, 0.15) is 47.9 Å². The topological polar surface area (TPSA) is 53.9 Å². The second-order valence-corrected chi connectivity index (χ2v) is 11.0. The number of ether oxygens (including phenoxy) is 1. The zero-order chi connectivity index (χ0) is 25.5. The number of amidine groups is 1. The highest BCUT2D eigenvalue weighted by atomic mass is 35.5. The molecule has 7 heteroatoms. The van der Waals surface area contributed by atoms with E-state index in [1.165, 1.54) is 11.1 Å². The van der Waals surface area contributed by atoms with Gasteiger partial charge >= 0.3 is 0 Å². The van der Waals surface area contributed by atoms with Crippen LogP contribution in [0.3, 0.4) is 0 Å². The smallest absolute Gasteiger partial charge is 0.262 e. The van der Waals surface area contributed by atoms with Crippen molar-refractivity contribution >= 4 is 34.9 Å². The molecule has 0 bridgehead atoms. The molecular weight excluding hydrogens is 505 g/mol. The minimum absolute atomic E-state index is 0.118. The molecule has 0 unspecified atom stereocenters. The maximum Gasteiger partial charge on any atom is 0.262 e. The van der Waals surface area contributed by atoms with Gasteiger partial charge in [0, 0.05) is 29.6 Å². The molecule has 6 rings (SSSR count). The number of fused-ring (bicyclic) bond motifs is 2. The van der Waals surface area contributed by atoms with E-state index in [0.29, 0.717) is 16.5 Å². The molecule has 1 spiro atoms. The molecule has 3 aromatic carbocycles. The van der Waals surface area contributed by atoms with Gasteiger partial charge in [0.15, 0.2) is 5.54 Å². The van der Waals surface area contributed by atoms with Crippen LogP contribution in [-0.4, -0.2) is 36.3 Å². The molecule has 1 amide bonds. The highest BCUT2D eigenvalue weighted by Crippen LogP contribution is 2.44. The summed E-state index contributed by atoms with van der Waals surface area (Å²) in [5.74, 6) is 0.570. The van der Waals surface area contributed by atoms with Gasteiger partial charge in [0.05, 0.1) is 12.2 Å². The Balaban J connectivity index is 1.14. The average molecular weight is 534 g/mol. The van der Waals surface area contributed by atoms with Crippen molar-refractivity contribution in [3.05, 3.63) is 105 Å². The molecule has 0 aromatic heterocycles. The van der Waals surface area contributed by atoms with E-state index in [1.54, 1.807) is 24.3 Å². The van der Waals surface area contributed by atoms with E-state index in [1.807, 2.05) is 24.3 Å². The van der Waals surface area contributed by atoms with Crippen molar-refractivity contribution in [3.8, 4) is 0 Å². The van der Waals surface area contributed by atoms with Crippen LogP contribution >= 0.6 is 23.2 Å². The van der Waals surface area contributed by atoms with Gasteiger partial charge in [-0.2, -0.15) is 0 Å². The molecule has 5 nitrogen and oxygen atoms in total. The number of halogens is 2. The van der Waals surface area contributed by atoms with Gasteiger partial charge in [-0.05, 0) is 72.3 Å². The lowest BCUT2D eigenvalue weighted by Gasteiger charge is -2.39. The zero-order valence-electron chi connectivity index (χ0n) is 20.6. The largest absolute Gasteiger partial charge is 0.365 e. The minimum atomic E-state index is -1.14. The fourth-order valence-electron chi connectivity index (χ4n) is 5.97. The number of piperidine rings is 1. The summed E-state index contributed by atoms with van der Waals surface area (Å²) < 4.78 is 6.31. The molecule has 3 aliphatic rings. The Labute approximate surface area is 227 Å². The molecule has 3 aliphatic heterocycles. The van der Waals surface area contributed by atoms with Crippen molar-refractivity contribution in [1.82, 2.24) is 10.2 Å². The van der Waals surface area contributed by atoms with Crippen LogP contribution in [0.15, 0.2) is 77.8 Å². The molecular formula is C30H29Cl2N3O2. The van der Waals surface area contributed by atoms with Crippen LogP contribution in [-0.2, 0) is 27.3 Å². The molecule has 0 radical (unpaired) electrons. The maximum atomic E-state index is 13.5. The van der Waals surface area contributed by atoms with Crippen LogP contribution in [0.2, 0.25) is 10.0 Å². The summed E-state index contributed by atoms with van der Waals surface area (Å²) in [5.41, 5.74) is 3.01. The van der Waals surface area contributed by atoms with Crippen LogP contribution in [0, 0.1) is 0 Å². The predicted molar refractivity (Wildman–Crippen MR) is 147 cm³/mol. The number of benzene rings is 3. The van der Waals surface area contributed by atoms with E-state index < -0.39 is 5.54 Å². The summed E-state index contributed by atoms with van der Waals surface area (Å²) in [6, 6.07) is 23.3. The average Bonchev–Trinajstić information content (AvgIpc) is 3.44. The fraction of sp³-hybridized carbons (Fsp3) is 0.333. The zero-order valence-corrected chi connectivity index (χ0v) is 22.1. The summed E-state index contributed by atoms with van der Waals surface area (Å²) in [5, 5.41) is 4.30. The van der Waals surface area contributed by atoms with E-state index in [0.717, 1.165) is 62.5 Å². The Morgan fingerprint density at radius 3 is 2.16 bits per heavy atom. The van der Waals surface area contributed by atoms with Crippen LogP contribution in [0.5, 0.6) is 0 Å². The van der Waals surface area contributed by atoms with Gasteiger partial charge in [-0.1, -0.05) is 71.7 Å². The number of carbonyl (C=O) groups is 1. The monoisotopic (exact) mass is 533 g/mol. The first kappa shape index (κ1) is 24.6. The Kier molecular flexibility index (Phi) is 6.58. The standard InChI is InChI=1S/C30H29Cl2N3O2/c31-24-11-7-22(8-12-24)30(23-9-13-25(32)14-10-23)28(36)33-27(34-30)6-3-17-35-18-15-29(16-19-35)26-5-2-1-4-21(26)20-37-29/h1-2,4-5,7-14H,3,6,15-20H2,(H,33,34,36). The lowest BCUT2D eigenvalue weighted by Crippen LogP contribution is -2.43. The SMILES string of the molecule is O=C1NC(CCCN2CCC3(CC2)OCc2ccccc23)=NC1(c1ccc(Cl)cc1)c1ccc(Cl)cc1. The molecule has 3 aromatic rings.